The number of hydrogen-bond acceptors (Lipinski definition) is 2. The summed E-state index contributed by atoms with van der Waals surface area (Å²) in [6, 6.07) is 8.31. The van der Waals surface area contributed by atoms with E-state index in [4.69, 9.17) is 12.2 Å². The first kappa shape index (κ1) is 9.03. The van der Waals surface area contributed by atoms with Gasteiger partial charge in [-0.2, -0.15) is 0 Å². The second kappa shape index (κ2) is 3.68. The summed E-state index contributed by atoms with van der Waals surface area (Å²) in [6.45, 7) is 2.21. The summed E-state index contributed by atoms with van der Waals surface area (Å²) in [7, 11) is 0. The number of para-hydroxylation sites is 1. The molecule has 2 rings (SSSR count). The number of anilines is 1. The SMILES string of the molecule is C[C@@H]1CC(=S)Nc2ccccc2S1. The summed E-state index contributed by atoms with van der Waals surface area (Å²) in [5.74, 6) is 0. The van der Waals surface area contributed by atoms with E-state index < -0.39 is 0 Å². The Balaban J connectivity index is 2.38. The molecule has 1 atom stereocenters. The van der Waals surface area contributed by atoms with Crippen LogP contribution in [0.1, 0.15) is 13.3 Å². The highest BCUT2D eigenvalue weighted by Gasteiger charge is 2.15. The lowest BCUT2D eigenvalue weighted by Crippen LogP contribution is -2.10. The topological polar surface area (TPSA) is 12.0 Å². The van der Waals surface area contributed by atoms with Crippen molar-refractivity contribution in [2.24, 2.45) is 0 Å². The van der Waals surface area contributed by atoms with Gasteiger partial charge in [-0.3, -0.25) is 0 Å². The van der Waals surface area contributed by atoms with Crippen LogP contribution in [0.5, 0.6) is 0 Å². The molecule has 0 aromatic heterocycles. The number of hydrogen-bond donors (Lipinski definition) is 1. The normalized spacial score (nSPS) is 21.6. The largest absolute Gasteiger partial charge is 0.349 e. The van der Waals surface area contributed by atoms with Crippen molar-refractivity contribution in [1.29, 1.82) is 0 Å². The van der Waals surface area contributed by atoms with Crippen molar-refractivity contribution in [2.75, 3.05) is 5.32 Å². The summed E-state index contributed by atoms with van der Waals surface area (Å²) < 4.78 is 0. The van der Waals surface area contributed by atoms with Gasteiger partial charge in [0.15, 0.2) is 0 Å². The van der Waals surface area contributed by atoms with E-state index in [2.05, 4.69) is 30.4 Å². The Morgan fingerprint density at radius 3 is 3.08 bits per heavy atom. The molecule has 68 valence electrons. The van der Waals surface area contributed by atoms with Gasteiger partial charge < -0.3 is 5.32 Å². The summed E-state index contributed by atoms with van der Waals surface area (Å²) in [5, 5.41) is 3.84. The molecule has 0 radical (unpaired) electrons. The highest BCUT2D eigenvalue weighted by atomic mass is 32.2. The number of thioether (sulfide) groups is 1. The maximum Gasteiger partial charge on any atom is 0.0808 e. The zero-order valence-electron chi connectivity index (χ0n) is 7.41. The summed E-state index contributed by atoms with van der Waals surface area (Å²) >= 11 is 7.11. The quantitative estimate of drug-likeness (QED) is 0.658. The number of benzene rings is 1. The highest BCUT2D eigenvalue weighted by Crippen LogP contribution is 2.34. The molecule has 0 unspecified atom stereocenters. The first-order chi connectivity index (χ1) is 6.25. The predicted octanol–water partition coefficient (Wildman–Crippen LogP) is 3.31. The van der Waals surface area contributed by atoms with Gasteiger partial charge in [0.25, 0.3) is 0 Å². The third-order valence-corrected chi connectivity index (χ3v) is 3.41. The minimum atomic E-state index is 0.573. The van der Waals surface area contributed by atoms with Crippen LogP contribution in [0.4, 0.5) is 5.69 Å². The van der Waals surface area contributed by atoms with Gasteiger partial charge in [0.05, 0.1) is 10.7 Å². The molecule has 0 amide bonds. The Hall–Kier alpha value is -0.540. The van der Waals surface area contributed by atoms with Crippen molar-refractivity contribution in [3.63, 3.8) is 0 Å². The summed E-state index contributed by atoms with van der Waals surface area (Å²) in [4.78, 5) is 2.25. The van der Waals surface area contributed by atoms with Crippen LogP contribution in [0, 0.1) is 0 Å². The van der Waals surface area contributed by atoms with Gasteiger partial charge in [-0.1, -0.05) is 31.3 Å². The zero-order chi connectivity index (χ0) is 9.26. The molecule has 0 saturated heterocycles. The monoisotopic (exact) mass is 209 g/mol. The van der Waals surface area contributed by atoms with Crippen LogP contribution in [0.15, 0.2) is 29.2 Å². The van der Waals surface area contributed by atoms with Gasteiger partial charge in [-0.05, 0) is 12.1 Å². The van der Waals surface area contributed by atoms with Crippen LogP contribution in [0.2, 0.25) is 0 Å². The molecular weight excluding hydrogens is 198 g/mol. The minimum absolute atomic E-state index is 0.573. The van der Waals surface area contributed by atoms with Gasteiger partial charge in [0, 0.05) is 16.6 Å². The molecule has 0 spiro atoms. The van der Waals surface area contributed by atoms with Crippen molar-refractivity contribution >= 4 is 34.7 Å². The molecule has 1 heterocycles. The molecule has 3 heteroatoms. The third-order valence-electron chi connectivity index (χ3n) is 1.96. The molecule has 13 heavy (non-hydrogen) atoms. The average molecular weight is 209 g/mol. The molecule has 0 saturated carbocycles. The van der Waals surface area contributed by atoms with Crippen LogP contribution in [0.25, 0.3) is 0 Å². The predicted molar refractivity (Wildman–Crippen MR) is 62.6 cm³/mol. The number of fused-ring (bicyclic) bond motifs is 1. The van der Waals surface area contributed by atoms with Crippen molar-refractivity contribution < 1.29 is 0 Å². The van der Waals surface area contributed by atoms with Gasteiger partial charge in [0.2, 0.25) is 0 Å². The first-order valence-electron chi connectivity index (χ1n) is 4.31. The smallest absolute Gasteiger partial charge is 0.0808 e. The minimum Gasteiger partial charge on any atom is -0.349 e. The highest BCUT2D eigenvalue weighted by molar-refractivity contribution is 8.00. The van der Waals surface area contributed by atoms with Crippen molar-refractivity contribution in [3.05, 3.63) is 24.3 Å². The van der Waals surface area contributed by atoms with Gasteiger partial charge in [0.1, 0.15) is 0 Å². The fourth-order valence-corrected chi connectivity index (χ4v) is 2.95. The third kappa shape index (κ3) is 2.03. The molecule has 0 aliphatic carbocycles. The van der Waals surface area contributed by atoms with Crippen LogP contribution in [0.3, 0.4) is 0 Å². The maximum absolute atomic E-state index is 5.22. The Morgan fingerprint density at radius 1 is 1.46 bits per heavy atom. The van der Waals surface area contributed by atoms with E-state index in [1.807, 2.05) is 17.8 Å². The molecule has 1 N–H and O–H groups in total. The van der Waals surface area contributed by atoms with E-state index in [0.29, 0.717) is 5.25 Å². The van der Waals surface area contributed by atoms with Crippen molar-refractivity contribution in [2.45, 2.75) is 23.5 Å². The second-order valence-electron chi connectivity index (χ2n) is 3.18. The average Bonchev–Trinajstić information content (AvgIpc) is 2.20. The lowest BCUT2D eigenvalue weighted by molar-refractivity contribution is 1.03. The van der Waals surface area contributed by atoms with E-state index in [1.54, 1.807) is 0 Å². The van der Waals surface area contributed by atoms with Gasteiger partial charge in [-0.25, -0.2) is 0 Å². The number of rotatable bonds is 0. The first-order valence-corrected chi connectivity index (χ1v) is 5.60. The molecule has 0 fully saturated rings. The van der Waals surface area contributed by atoms with E-state index in [0.717, 1.165) is 17.1 Å². The Bertz CT molecular complexity index is 335. The van der Waals surface area contributed by atoms with Crippen molar-refractivity contribution in [3.8, 4) is 0 Å². The Labute approximate surface area is 87.9 Å². The van der Waals surface area contributed by atoms with E-state index in [9.17, 15) is 0 Å². The number of nitrogens with one attached hydrogen (secondary N) is 1. The lowest BCUT2D eigenvalue weighted by Gasteiger charge is -2.05. The molecule has 0 bridgehead atoms. The van der Waals surface area contributed by atoms with E-state index in [-0.39, 0.29) is 0 Å². The molecule has 1 aliphatic heterocycles. The van der Waals surface area contributed by atoms with E-state index >= 15 is 0 Å². The van der Waals surface area contributed by atoms with Crippen LogP contribution < -0.4 is 5.32 Å². The molecule has 1 aromatic rings. The standard InChI is InChI=1S/C10H11NS2/c1-7-6-10(12)11-8-4-2-3-5-9(8)13-7/h2-5,7H,6H2,1H3,(H,11,12)/t7-/m1/s1. The fourth-order valence-electron chi connectivity index (χ4n) is 1.39. The Morgan fingerprint density at radius 2 is 2.23 bits per heavy atom. The van der Waals surface area contributed by atoms with Crippen LogP contribution >= 0.6 is 24.0 Å². The molecule has 1 aliphatic rings. The van der Waals surface area contributed by atoms with Crippen molar-refractivity contribution in [1.82, 2.24) is 0 Å². The molecular formula is C10H11NS2. The van der Waals surface area contributed by atoms with E-state index in [1.165, 1.54) is 4.90 Å². The summed E-state index contributed by atoms with van der Waals surface area (Å²) in [5.41, 5.74) is 1.15. The zero-order valence-corrected chi connectivity index (χ0v) is 9.04. The van der Waals surface area contributed by atoms with Gasteiger partial charge in [-0.15, -0.1) is 11.8 Å². The fraction of sp³-hybridized carbons (Fsp3) is 0.300. The molecule has 1 nitrogen and oxygen atoms in total. The maximum atomic E-state index is 5.22. The summed E-state index contributed by atoms with van der Waals surface area (Å²) in [6.07, 6.45) is 0.967. The van der Waals surface area contributed by atoms with Crippen LogP contribution in [-0.4, -0.2) is 10.2 Å². The number of thiocarbonyl (C=S) groups is 1. The second-order valence-corrected chi connectivity index (χ2v) is 5.15. The Kier molecular flexibility index (Phi) is 2.56. The van der Waals surface area contributed by atoms with Crippen LogP contribution in [-0.2, 0) is 0 Å². The molecule has 1 aromatic carbocycles. The van der Waals surface area contributed by atoms with Gasteiger partial charge >= 0.3 is 0 Å². The lowest BCUT2D eigenvalue weighted by atomic mass is 10.3.